The number of thiazole rings is 1. The van der Waals surface area contributed by atoms with E-state index in [0.717, 1.165) is 22.5 Å². The molecule has 120 valence electrons. The molecular weight excluding hydrogens is 314 g/mol. The zero-order valence-electron chi connectivity index (χ0n) is 13.2. The topological polar surface area (TPSA) is 69.6 Å². The number of rotatable bonds is 4. The third kappa shape index (κ3) is 3.05. The standard InChI is InChI=1S/C16H17N3O3S/c1-4-19-13-7-6-11(21-5-2)9-14(13)23-16(19)17-15(20)12-8-10(3)22-18-12/h6-9H,4-5H2,1-3H3. The van der Waals surface area contributed by atoms with Crippen LogP contribution in [-0.4, -0.2) is 22.2 Å². The number of carbonyl (C=O) groups is 1. The number of ether oxygens (including phenoxy) is 1. The molecule has 0 radical (unpaired) electrons. The summed E-state index contributed by atoms with van der Waals surface area (Å²) < 4.78 is 13.5. The molecule has 0 aliphatic carbocycles. The first-order valence-electron chi connectivity index (χ1n) is 7.41. The molecule has 6 nitrogen and oxygen atoms in total. The van der Waals surface area contributed by atoms with Gasteiger partial charge < -0.3 is 13.8 Å². The van der Waals surface area contributed by atoms with Crippen molar-refractivity contribution in [2.75, 3.05) is 6.61 Å². The molecule has 0 fully saturated rings. The maximum Gasteiger partial charge on any atom is 0.301 e. The number of carbonyl (C=O) groups excluding carboxylic acids is 1. The van der Waals surface area contributed by atoms with Gasteiger partial charge in [0, 0.05) is 12.6 Å². The number of aryl methyl sites for hydroxylation is 2. The fraction of sp³-hybridized carbons (Fsp3) is 0.312. The van der Waals surface area contributed by atoms with Crippen molar-refractivity contribution >= 4 is 27.5 Å². The van der Waals surface area contributed by atoms with Gasteiger partial charge in [-0.1, -0.05) is 16.5 Å². The molecule has 23 heavy (non-hydrogen) atoms. The largest absolute Gasteiger partial charge is 0.494 e. The molecule has 3 rings (SSSR count). The van der Waals surface area contributed by atoms with Crippen LogP contribution in [0.4, 0.5) is 0 Å². The third-order valence-corrected chi connectivity index (χ3v) is 4.37. The second kappa shape index (κ2) is 6.37. The molecule has 1 amide bonds. The highest BCUT2D eigenvalue weighted by Crippen LogP contribution is 2.23. The fourth-order valence-corrected chi connectivity index (χ4v) is 3.43. The van der Waals surface area contributed by atoms with E-state index in [2.05, 4.69) is 10.1 Å². The summed E-state index contributed by atoms with van der Waals surface area (Å²) in [4.78, 5) is 17.1. The van der Waals surface area contributed by atoms with Crippen molar-refractivity contribution in [1.29, 1.82) is 0 Å². The zero-order valence-corrected chi connectivity index (χ0v) is 14.0. The highest BCUT2D eigenvalue weighted by atomic mass is 32.1. The van der Waals surface area contributed by atoms with Gasteiger partial charge in [0.1, 0.15) is 11.5 Å². The van der Waals surface area contributed by atoms with Gasteiger partial charge in [0.05, 0.1) is 16.8 Å². The average molecular weight is 331 g/mol. The van der Waals surface area contributed by atoms with E-state index < -0.39 is 5.91 Å². The number of nitrogens with zero attached hydrogens (tertiary/aromatic N) is 3. The van der Waals surface area contributed by atoms with Gasteiger partial charge in [-0.3, -0.25) is 4.79 Å². The number of hydrogen-bond donors (Lipinski definition) is 0. The lowest BCUT2D eigenvalue weighted by Crippen LogP contribution is -2.15. The lowest BCUT2D eigenvalue weighted by atomic mass is 10.3. The van der Waals surface area contributed by atoms with E-state index in [1.807, 2.05) is 36.6 Å². The van der Waals surface area contributed by atoms with E-state index in [1.54, 1.807) is 13.0 Å². The van der Waals surface area contributed by atoms with E-state index >= 15 is 0 Å². The molecular formula is C16H17N3O3S. The molecule has 0 aliphatic heterocycles. The van der Waals surface area contributed by atoms with Gasteiger partial charge in [0.15, 0.2) is 10.5 Å². The van der Waals surface area contributed by atoms with Crippen LogP contribution in [-0.2, 0) is 6.54 Å². The minimum Gasteiger partial charge on any atom is -0.494 e. The van der Waals surface area contributed by atoms with Gasteiger partial charge in [0.25, 0.3) is 0 Å². The molecule has 0 N–H and O–H groups in total. The Balaban J connectivity index is 2.09. The van der Waals surface area contributed by atoms with Crippen molar-refractivity contribution in [3.8, 4) is 5.75 Å². The van der Waals surface area contributed by atoms with Crippen LogP contribution in [0.1, 0.15) is 30.1 Å². The highest BCUT2D eigenvalue weighted by Gasteiger charge is 2.12. The zero-order chi connectivity index (χ0) is 16.4. The molecule has 0 saturated heterocycles. The van der Waals surface area contributed by atoms with Crippen LogP contribution >= 0.6 is 11.3 Å². The van der Waals surface area contributed by atoms with Gasteiger partial charge >= 0.3 is 5.91 Å². The van der Waals surface area contributed by atoms with Crippen LogP contribution in [0.25, 0.3) is 10.2 Å². The number of hydrogen-bond acceptors (Lipinski definition) is 5. The first kappa shape index (κ1) is 15.5. The Hall–Kier alpha value is -2.41. The molecule has 0 atom stereocenters. The van der Waals surface area contributed by atoms with Gasteiger partial charge in [-0.2, -0.15) is 4.99 Å². The molecule has 1 aromatic carbocycles. The van der Waals surface area contributed by atoms with E-state index in [4.69, 9.17) is 9.26 Å². The van der Waals surface area contributed by atoms with Crippen LogP contribution in [0.2, 0.25) is 0 Å². The summed E-state index contributed by atoms with van der Waals surface area (Å²) in [5, 5.41) is 3.72. The summed E-state index contributed by atoms with van der Waals surface area (Å²) in [6, 6.07) is 7.48. The van der Waals surface area contributed by atoms with Gasteiger partial charge in [-0.25, -0.2) is 0 Å². The lowest BCUT2D eigenvalue weighted by Gasteiger charge is -2.03. The fourth-order valence-electron chi connectivity index (χ4n) is 2.31. The Morgan fingerprint density at radius 1 is 1.39 bits per heavy atom. The second-order valence-corrected chi connectivity index (χ2v) is 5.94. The first-order chi connectivity index (χ1) is 11.1. The molecule has 0 saturated carbocycles. The minimum absolute atomic E-state index is 0.220. The van der Waals surface area contributed by atoms with Crippen LogP contribution in [0.3, 0.4) is 0 Å². The van der Waals surface area contributed by atoms with Crippen molar-refractivity contribution in [2.24, 2.45) is 4.99 Å². The van der Waals surface area contributed by atoms with E-state index in [1.165, 1.54) is 11.3 Å². The summed E-state index contributed by atoms with van der Waals surface area (Å²) in [6.45, 7) is 7.05. The van der Waals surface area contributed by atoms with Gasteiger partial charge in [0.2, 0.25) is 0 Å². The molecule has 0 bridgehead atoms. The van der Waals surface area contributed by atoms with Crippen molar-refractivity contribution in [3.05, 3.63) is 40.5 Å². The smallest absolute Gasteiger partial charge is 0.301 e. The number of amides is 1. The summed E-state index contributed by atoms with van der Waals surface area (Å²) in [6.07, 6.45) is 0. The summed E-state index contributed by atoms with van der Waals surface area (Å²) >= 11 is 1.46. The number of benzene rings is 1. The minimum atomic E-state index is -0.402. The molecule has 7 heteroatoms. The molecule has 2 aromatic heterocycles. The Morgan fingerprint density at radius 3 is 2.87 bits per heavy atom. The van der Waals surface area contributed by atoms with Crippen molar-refractivity contribution in [1.82, 2.24) is 9.72 Å². The lowest BCUT2D eigenvalue weighted by molar-refractivity contribution is 0.0989. The Kier molecular flexibility index (Phi) is 4.29. The van der Waals surface area contributed by atoms with Crippen LogP contribution in [0, 0.1) is 6.92 Å². The molecule has 0 unspecified atom stereocenters. The van der Waals surface area contributed by atoms with Crippen LogP contribution in [0.15, 0.2) is 33.8 Å². The summed E-state index contributed by atoms with van der Waals surface area (Å²) in [7, 11) is 0. The van der Waals surface area contributed by atoms with Gasteiger partial charge in [-0.05, 0) is 39.0 Å². The number of fused-ring (bicyclic) bond motifs is 1. The maximum absolute atomic E-state index is 12.2. The Labute approximate surface area is 137 Å². The molecule has 0 aliphatic rings. The van der Waals surface area contributed by atoms with E-state index in [-0.39, 0.29) is 5.69 Å². The average Bonchev–Trinajstić information content (AvgIpc) is 3.10. The molecule has 3 aromatic rings. The maximum atomic E-state index is 12.2. The first-order valence-corrected chi connectivity index (χ1v) is 8.22. The summed E-state index contributed by atoms with van der Waals surface area (Å²) in [5.41, 5.74) is 1.25. The molecule has 0 spiro atoms. The van der Waals surface area contributed by atoms with Crippen molar-refractivity contribution < 1.29 is 14.1 Å². The third-order valence-electron chi connectivity index (χ3n) is 3.33. The normalized spacial score (nSPS) is 12.0. The van der Waals surface area contributed by atoms with E-state index in [9.17, 15) is 4.79 Å². The Bertz CT molecular complexity index is 920. The molecule has 2 heterocycles. The van der Waals surface area contributed by atoms with Crippen LogP contribution in [0.5, 0.6) is 5.75 Å². The highest BCUT2D eigenvalue weighted by molar-refractivity contribution is 7.16. The SMILES string of the molecule is CCOc1ccc2c(c1)sc(=NC(=O)c1cc(C)on1)n2CC. The van der Waals surface area contributed by atoms with Crippen molar-refractivity contribution in [2.45, 2.75) is 27.3 Å². The second-order valence-electron chi connectivity index (χ2n) is 4.93. The van der Waals surface area contributed by atoms with Crippen molar-refractivity contribution in [3.63, 3.8) is 0 Å². The van der Waals surface area contributed by atoms with E-state index in [0.29, 0.717) is 17.2 Å². The monoisotopic (exact) mass is 331 g/mol. The quantitative estimate of drug-likeness (QED) is 0.736. The van der Waals surface area contributed by atoms with Crippen LogP contribution < -0.4 is 9.54 Å². The predicted molar refractivity (Wildman–Crippen MR) is 87.8 cm³/mol. The number of aromatic nitrogens is 2. The summed E-state index contributed by atoms with van der Waals surface area (Å²) in [5.74, 6) is 1.000. The van der Waals surface area contributed by atoms with Gasteiger partial charge in [-0.15, -0.1) is 0 Å². The Morgan fingerprint density at radius 2 is 2.22 bits per heavy atom. The predicted octanol–water partition coefficient (Wildman–Crippen LogP) is 3.16.